The highest BCUT2D eigenvalue weighted by Gasteiger charge is 2.41. The fraction of sp³-hybridized carbons (Fsp3) is 0.714. The van der Waals surface area contributed by atoms with E-state index in [1.165, 1.54) is 17.3 Å². The Hall–Kier alpha value is -0.380. The lowest BCUT2D eigenvalue weighted by atomic mass is 9.98. The summed E-state index contributed by atoms with van der Waals surface area (Å²) in [5, 5.41) is 0. The third-order valence-electron chi connectivity index (χ3n) is 3.48. The molecule has 0 aromatic carbocycles. The van der Waals surface area contributed by atoms with Gasteiger partial charge in [0.05, 0.1) is 6.42 Å². The van der Waals surface area contributed by atoms with Crippen molar-refractivity contribution in [1.29, 1.82) is 0 Å². The van der Waals surface area contributed by atoms with E-state index in [4.69, 9.17) is 0 Å². The molecule has 0 aromatic rings. The molecule has 0 amide bonds. The zero-order chi connectivity index (χ0) is 13.8. The summed E-state index contributed by atoms with van der Waals surface area (Å²) in [6.07, 6.45) is 2.18. The Kier molecular flexibility index (Phi) is 5.38. The van der Waals surface area contributed by atoms with Crippen molar-refractivity contribution in [3.05, 3.63) is 22.6 Å². The molecule has 0 fully saturated rings. The molecule has 0 aromatic heterocycles. The molecule has 104 valence electrons. The first-order valence-corrected chi connectivity index (χ1v) is 7.24. The van der Waals surface area contributed by atoms with Gasteiger partial charge in [-0.2, -0.15) is 13.2 Å². The molecular formula is C14H21F3S. The van der Waals surface area contributed by atoms with Crippen LogP contribution in [0.2, 0.25) is 0 Å². The van der Waals surface area contributed by atoms with Crippen LogP contribution in [-0.2, 0) is 0 Å². The average molecular weight is 278 g/mol. The quantitative estimate of drug-likeness (QED) is 0.607. The molecule has 1 rings (SSSR count). The summed E-state index contributed by atoms with van der Waals surface area (Å²) < 4.78 is 37.4. The largest absolute Gasteiger partial charge is 0.390 e. The van der Waals surface area contributed by atoms with Crippen molar-refractivity contribution < 1.29 is 13.2 Å². The molecule has 18 heavy (non-hydrogen) atoms. The Morgan fingerprint density at radius 2 is 1.72 bits per heavy atom. The van der Waals surface area contributed by atoms with E-state index < -0.39 is 17.3 Å². The van der Waals surface area contributed by atoms with Gasteiger partial charge in [0, 0.05) is 4.75 Å². The van der Waals surface area contributed by atoms with Crippen LogP contribution in [0.3, 0.4) is 0 Å². The van der Waals surface area contributed by atoms with E-state index in [-0.39, 0.29) is 0 Å². The van der Waals surface area contributed by atoms with Crippen LogP contribution in [0.5, 0.6) is 0 Å². The topological polar surface area (TPSA) is 0 Å². The molecule has 0 heterocycles. The summed E-state index contributed by atoms with van der Waals surface area (Å²) in [4.78, 5) is 1.09. The standard InChI is InChI=1S/C14H21F3S/c1-4-13(5-2,10-14(15,16)17)18-12-8-6-11(3)7-9-12/h6,8H,4-5,7,9-10H2,1-3H3. The summed E-state index contributed by atoms with van der Waals surface area (Å²) in [6, 6.07) is 0. The Morgan fingerprint density at radius 1 is 1.11 bits per heavy atom. The molecule has 0 atom stereocenters. The van der Waals surface area contributed by atoms with Gasteiger partial charge in [0.1, 0.15) is 0 Å². The maximum absolute atomic E-state index is 12.7. The van der Waals surface area contributed by atoms with Crippen LogP contribution in [0.4, 0.5) is 13.2 Å². The molecule has 0 aliphatic heterocycles. The minimum absolute atomic E-state index is 0.549. The van der Waals surface area contributed by atoms with Crippen molar-refractivity contribution in [2.45, 2.75) is 63.8 Å². The number of halogens is 3. The first kappa shape index (κ1) is 15.7. The molecule has 0 radical (unpaired) electrons. The molecule has 0 nitrogen and oxygen atoms in total. The molecule has 1 aliphatic carbocycles. The predicted octanol–water partition coefficient (Wildman–Crippen LogP) is 5.85. The Morgan fingerprint density at radius 3 is 2.11 bits per heavy atom. The van der Waals surface area contributed by atoms with E-state index in [0.29, 0.717) is 12.8 Å². The van der Waals surface area contributed by atoms with Crippen molar-refractivity contribution in [2.24, 2.45) is 0 Å². The third-order valence-corrected chi connectivity index (χ3v) is 5.24. The molecule has 0 saturated heterocycles. The lowest BCUT2D eigenvalue weighted by Gasteiger charge is -2.33. The maximum Gasteiger partial charge on any atom is 0.390 e. The molecular weight excluding hydrogens is 257 g/mol. The van der Waals surface area contributed by atoms with Gasteiger partial charge in [0.15, 0.2) is 0 Å². The van der Waals surface area contributed by atoms with Crippen LogP contribution in [0.25, 0.3) is 0 Å². The van der Waals surface area contributed by atoms with Crippen molar-refractivity contribution in [3.8, 4) is 0 Å². The number of rotatable bonds is 5. The Balaban J connectivity index is 2.80. The summed E-state index contributed by atoms with van der Waals surface area (Å²) >= 11 is 1.44. The monoisotopic (exact) mass is 278 g/mol. The number of hydrogen-bond acceptors (Lipinski definition) is 1. The second-order valence-electron chi connectivity index (χ2n) is 4.93. The van der Waals surface area contributed by atoms with Crippen LogP contribution in [0, 0.1) is 0 Å². The van der Waals surface area contributed by atoms with Gasteiger partial charge >= 0.3 is 6.18 Å². The lowest BCUT2D eigenvalue weighted by molar-refractivity contribution is -0.141. The van der Waals surface area contributed by atoms with Gasteiger partial charge in [-0.1, -0.05) is 31.6 Å². The third kappa shape index (κ3) is 4.71. The number of alkyl halides is 3. The highest BCUT2D eigenvalue weighted by molar-refractivity contribution is 8.04. The van der Waals surface area contributed by atoms with Crippen LogP contribution in [-0.4, -0.2) is 10.9 Å². The van der Waals surface area contributed by atoms with Gasteiger partial charge in [-0.15, -0.1) is 11.8 Å². The van der Waals surface area contributed by atoms with Crippen LogP contribution in [0.15, 0.2) is 22.6 Å². The van der Waals surface area contributed by atoms with Gasteiger partial charge in [-0.3, -0.25) is 0 Å². The Bertz CT molecular complexity index is 335. The van der Waals surface area contributed by atoms with Gasteiger partial charge in [-0.25, -0.2) is 0 Å². The minimum atomic E-state index is -4.08. The van der Waals surface area contributed by atoms with Gasteiger partial charge in [0.25, 0.3) is 0 Å². The highest BCUT2D eigenvalue weighted by atomic mass is 32.2. The zero-order valence-electron chi connectivity index (χ0n) is 11.2. The molecule has 0 N–H and O–H groups in total. The highest BCUT2D eigenvalue weighted by Crippen LogP contribution is 2.47. The van der Waals surface area contributed by atoms with Crippen molar-refractivity contribution in [2.75, 3.05) is 0 Å². The molecule has 4 heteroatoms. The van der Waals surface area contributed by atoms with Crippen LogP contribution < -0.4 is 0 Å². The van der Waals surface area contributed by atoms with E-state index in [1.807, 2.05) is 26.0 Å². The number of thioether (sulfide) groups is 1. The lowest BCUT2D eigenvalue weighted by Crippen LogP contribution is -2.30. The van der Waals surface area contributed by atoms with E-state index >= 15 is 0 Å². The summed E-state index contributed by atoms with van der Waals surface area (Å²) in [5.74, 6) is 0. The van der Waals surface area contributed by atoms with Crippen LogP contribution in [0.1, 0.15) is 52.9 Å². The average Bonchev–Trinajstić information content (AvgIpc) is 2.29. The van der Waals surface area contributed by atoms with Gasteiger partial charge < -0.3 is 0 Å². The minimum Gasteiger partial charge on any atom is -0.171 e. The molecule has 0 unspecified atom stereocenters. The fourth-order valence-electron chi connectivity index (χ4n) is 2.13. The van der Waals surface area contributed by atoms with Crippen molar-refractivity contribution >= 4 is 11.8 Å². The van der Waals surface area contributed by atoms with E-state index in [0.717, 1.165) is 17.7 Å². The normalized spacial score (nSPS) is 17.4. The second kappa shape index (κ2) is 6.18. The summed E-state index contributed by atoms with van der Waals surface area (Å²) in [5.41, 5.74) is 1.30. The molecule has 0 spiro atoms. The Labute approximate surface area is 112 Å². The SMILES string of the molecule is CCC(CC)(CC(F)(F)F)SC1=CC=C(C)CC1. The molecule has 0 bridgehead atoms. The van der Waals surface area contributed by atoms with Gasteiger partial charge in [-0.05, 0) is 37.5 Å². The second-order valence-corrected chi connectivity index (χ2v) is 6.52. The molecule has 0 saturated carbocycles. The van der Waals surface area contributed by atoms with Crippen molar-refractivity contribution in [1.82, 2.24) is 0 Å². The zero-order valence-corrected chi connectivity index (χ0v) is 12.0. The van der Waals surface area contributed by atoms with Crippen LogP contribution >= 0.6 is 11.8 Å². The summed E-state index contributed by atoms with van der Waals surface area (Å²) in [7, 11) is 0. The molecule has 1 aliphatic rings. The first-order valence-electron chi connectivity index (χ1n) is 6.42. The van der Waals surface area contributed by atoms with E-state index in [2.05, 4.69) is 6.92 Å². The summed E-state index contributed by atoms with van der Waals surface area (Å²) in [6.45, 7) is 5.76. The predicted molar refractivity (Wildman–Crippen MR) is 72.7 cm³/mol. The van der Waals surface area contributed by atoms with Gasteiger partial charge in [0.2, 0.25) is 0 Å². The number of allylic oxidation sites excluding steroid dienone is 4. The van der Waals surface area contributed by atoms with E-state index in [9.17, 15) is 13.2 Å². The smallest absolute Gasteiger partial charge is 0.171 e. The fourth-order valence-corrected chi connectivity index (χ4v) is 3.55. The van der Waals surface area contributed by atoms with Crippen molar-refractivity contribution in [3.63, 3.8) is 0 Å². The van der Waals surface area contributed by atoms with E-state index in [1.54, 1.807) is 0 Å². The maximum atomic E-state index is 12.7. The first-order chi connectivity index (χ1) is 8.30. The number of hydrogen-bond donors (Lipinski definition) is 0.